The average molecular weight is 285 g/mol. The Bertz CT molecular complexity index is 422. The molecule has 110 valence electrons. The summed E-state index contributed by atoms with van der Waals surface area (Å²) in [6.07, 6.45) is 0.518. The van der Waals surface area contributed by atoms with E-state index in [0.717, 1.165) is 6.42 Å². The zero-order valence-corrected chi connectivity index (χ0v) is 10.8. The van der Waals surface area contributed by atoms with Gasteiger partial charge in [-0.25, -0.2) is 4.79 Å². The molecule has 3 atom stereocenters. The number of carbonyl (C=O) groups is 3. The van der Waals surface area contributed by atoms with Crippen molar-refractivity contribution < 1.29 is 33.4 Å². The average Bonchev–Trinajstić information content (AvgIpc) is 3.09. The van der Waals surface area contributed by atoms with Crippen LogP contribution in [0.3, 0.4) is 0 Å². The Morgan fingerprint density at radius 3 is 2.75 bits per heavy atom. The lowest BCUT2D eigenvalue weighted by molar-refractivity contribution is -0.202. The van der Waals surface area contributed by atoms with Crippen LogP contribution in [0.15, 0.2) is 0 Å². The van der Waals surface area contributed by atoms with Gasteiger partial charge in [0.25, 0.3) is 11.8 Å². The molecule has 3 heterocycles. The van der Waals surface area contributed by atoms with Crippen LogP contribution in [-0.4, -0.2) is 61.0 Å². The molecule has 8 nitrogen and oxygen atoms in total. The van der Waals surface area contributed by atoms with Crippen molar-refractivity contribution >= 4 is 17.8 Å². The Labute approximate surface area is 114 Å². The van der Waals surface area contributed by atoms with Gasteiger partial charge in [-0.3, -0.25) is 9.59 Å². The van der Waals surface area contributed by atoms with Gasteiger partial charge < -0.3 is 19.0 Å². The first-order valence-electron chi connectivity index (χ1n) is 6.56. The standard InChI is InChI=1S/C12H15NO7/c14-9-1-2-10(15)13(9)20-11(16)6-19-8-5-18-7-3-4-17-12(7)8/h7-8,12H,1-6H2. The van der Waals surface area contributed by atoms with Gasteiger partial charge in [-0.1, -0.05) is 0 Å². The lowest BCUT2D eigenvalue weighted by Crippen LogP contribution is -2.36. The topological polar surface area (TPSA) is 91.4 Å². The van der Waals surface area contributed by atoms with E-state index in [1.165, 1.54) is 0 Å². The van der Waals surface area contributed by atoms with Gasteiger partial charge in [-0.05, 0) is 6.42 Å². The Morgan fingerprint density at radius 2 is 2.00 bits per heavy atom. The Balaban J connectivity index is 1.45. The number of nitrogens with zero attached hydrogens (tertiary/aromatic N) is 1. The highest BCUT2D eigenvalue weighted by Crippen LogP contribution is 2.28. The Kier molecular flexibility index (Phi) is 3.68. The van der Waals surface area contributed by atoms with E-state index in [2.05, 4.69) is 0 Å². The van der Waals surface area contributed by atoms with Crippen LogP contribution in [0.2, 0.25) is 0 Å². The van der Waals surface area contributed by atoms with Crippen molar-refractivity contribution in [2.75, 3.05) is 19.8 Å². The fraction of sp³-hybridized carbons (Fsp3) is 0.750. The molecule has 2 amide bonds. The molecule has 20 heavy (non-hydrogen) atoms. The molecule has 3 saturated heterocycles. The van der Waals surface area contributed by atoms with Crippen LogP contribution in [0, 0.1) is 0 Å². The van der Waals surface area contributed by atoms with E-state index in [4.69, 9.17) is 19.0 Å². The molecule has 8 heteroatoms. The van der Waals surface area contributed by atoms with Crippen LogP contribution in [0.5, 0.6) is 0 Å². The van der Waals surface area contributed by atoms with Crippen molar-refractivity contribution in [1.82, 2.24) is 5.06 Å². The number of hydrogen-bond acceptors (Lipinski definition) is 7. The quantitative estimate of drug-likeness (QED) is 0.622. The van der Waals surface area contributed by atoms with Crippen molar-refractivity contribution in [2.24, 2.45) is 0 Å². The highest BCUT2D eigenvalue weighted by molar-refractivity contribution is 6.01. The summed E-state index contributed by atoms with van der Waals surface area (Å²) in [6, 6.07) is 0. The minimum absolute atomic E-state index is 0.0257. The predicted molar refractivity (Wildman–Crippen MR) is 61.0 cm³/mol. The summed E-state index contributed by atoms with van der Waals surface area (Å²) in [4.78, 5) is 38.8. The molecule has 3 aliphatic rings. The zero-order valence-electron chi connectivity index (χ0n) is 10.8. The summed E-state index contributed by atoms with van der Waals surface area (Å²) < 4.78 is 16.3. The maximum atomic E-state index is 11.6. The second-order valence-electron chi connectivity index (χ2n) is 4.89. The minimum atomic E-state index is -0.782. The summed E-state index contributed by atoms with van der Waals surface area (Å²) in [6.45, 7) is 0.637. The van der Waals surface area contributed by atoms with Crippen molar-refractivity contribution in [3.8, 4) is 0 Å². The molecule has 0 aliphatic carbocycles. The highest BCUT2D eigenvalue weighted by atomic mass is 16.7. The van der Waals surface area contributed by atoms with E-state index in [1.54, 1.807) is 0 Å². The molecule has 3 aliphatic heterocycles. The number of hydrogen-bond donors (Lipinski definition) is 0. The number of fused-ring (bicyclic) bond motifs is 1. The van der Waals surface area contributed by atoms with Gasteiger partial charge in [0.15, 0.2) is 0 Å². The number of imide groups is 1. The zero-order chi connectivity index (χ0) is 14.1. The summed E-state index contributed by atoms with van der Waals surface area (Å²) in [5.74, 6) is -1.80. The molecule has 0 N–H and O–H groups in total. The minimum Gasteiger partial charge on any atom is -0.373 e. The molecule has 0 bridgehead atoms. The molecular formula is C12H15NO7. The van der Waals surface area contributed by atoms with Gasteiger partial charge in [-0.2, -0.15) is 0 Å². The second-order valence-corrected chi connectivity index (χ2v) is 4.89. The molecule has 0 radical (unpaired) electrons. The third kappa shape index (κ3) is 2.54. The second kappa shape index (κ2) is 5.47. The first kappa shape index (κ1) is 13.5. The van der Waals surface area contributed by atoms with Gasteiger partial charge in [0.1, 0.15) is 18.8 Å². The summed E-state index contributed by atoms with van der Waals surface area (Å²) in [5.41, 5.74) is 0. The lowest BCUT2D eigenvalue weighted by atomic mass is 10.1. The molecule has 3 unspecified atom stereocenters. The van der Waals surface area contributed by atoms with Gasteiger partial charge in [0, 0.05) is 19.4 Å². The van der Waals surface area contributed by atoms with Gasteiger partial charge in [-0.15, -0.1) is 5.06 Å². The molecule has 3 rings (SSSR count). The van der Waals surface area contributed by atoms with E-state index >= 15 is 0 Å². The van der Waals surface area contributed by atoms with Gasteiger partial charge in [0.05, 0.1) is 12.7 Å². The third-order valence-corrected chi connectivity index (χ3v) is 3.53. The maximum Gasteiger partial charge on any atom is 0.358 e. The molecule has 0 saturated carbocycles. The third-order valence-electron chi connectivity index (χ3n) is 3.53. The maximum absolute atomic E-state index is 11.6. The molecular weight excluding hydrogens is 270 g/mol. The van der Waals surface area contributed by atoms with Gasteiger partial charge >= 0.3 is 5.97 Å². The van der Waals surface area contributed by atoms with Crippen LogP contribution >= 0.6 is 0 Å². The lowest BCUT2D eigenvalue weighted by Gasteiger charge is -2.17. The van der Waals surface area contributed by atoms with Crippen LogP contribution in [0.4, 0.5) is 0 Å². The summed E-state index contributed by atoms with van der Waals surface area (Å²) in [7, 11) is 0. The number of ether oxygens (including phenoxy) is 3. The smallest absolute Gasteiger partial charge is 0.358 e. The molecule has 0 aromatic carbocycles. The fourth-order valence-corrected chi connectivity index (χ4v) is 2.53. The normalized spacial score (nSPS) is 32.8. The van der Waals surface area contributed by atoms with E-state index in [1.807, 2.05) is 0 Å². The Morgan fingerprint density at radius 1 is 1.25 bits per heavy atom. The first-order chi connectivity index (χ1) is 9.65. The van der Waals surface area contributed by atoms with Crippen molar-refractivity contribution in [2.45, 2.75) is 37.6 Å². The van der Waals surface area contributed by atoms with Crippen LogP contribution < -0.4 is 0 Å². The number of rotatable bonds is 4. The first-order valence-corrected chi connectivity index (χ1v) is 6.56. The number of amides is 2. The predicted octanol–water partition coefficient (Wildman–Crippen LogP) is -0.834. The molecule has 0 aromatic heterocycles. The van der Waals surface area contributed by atoms with E-state index in [9.17, 15) is 14.4 Å². The molecule has 3 fully saturated rings. The Hall–Kier alpha value is -1.51. The van der Waals surface area contributed by atoms with Crippen LogP contribution in [-0.2, 0) is 33.4 Å². The van der Waals surface area contributed by atoms with Crippen LogP contribution in [0.1, 0.15) is 19.3 Å². The van der Waals surface area contributed by atoms with Gasteiger partial charge in [0.2, 0.25) is 0 Å². The highest BCUT2D eigenvalue weighted by Gasteiger charge is 2.43. The van der Waals surface area contributed by atoms with E-state index in [0.29, 0.717) is 18.3 Å². The fourth-order valence-electron chi connectivity index (χ4n) is 2.53. The largest absolute Gasteiger partial charge is 0.373 e. The van der Waals surface area contributed by atoms with E-state index < -0.39 is 17.8 Å². The van der Waals surface area contributed by atoms with E-state index in [-0.39, 0.29) is 37.8 Å². The summed E-state index contributed by atoms with van der Waals surface area (Å²) in [5, 5.41) is 0.506. The number of carbonyl (C=O) groups excluding carboxylic acids is 3. The SMILES string of the molecule is O=C(COC1COC2CCOC21)ON1C(=O)CCC1=O. The van der Waals surface area contributed by atoms with Crippen molar-refractivity contribution in [3.63, 3.8) is 0 Å². The van der Waals surface area contributed by atoms with Crippen LogP contribution in [0.25, 0.3) is 0 Å². The molecule has 0 spiro atoms. The monoisotopic (exact) mass is 285 g/mol. The van der Waals surface area contributed by atoms with Crippen molar-refractivity contribution in [3.05, 3.63) is 0 Å². The van der Waals surface area contributed by atoms with Crippen molar-refractivity contribution in [1.29, 1.82) is 0 Å². The summed E-state index contributed by atoms with van der Waals surface area (Å²) >= 11 is 0. The number of hydroxylamine groups is 2. The molecule has 0 aromatic rings.